The highest BCUT2D eigenvalue weighted by molar-refractivity contribution is 5.75. The van der Waals surface area contributed by atoms with E-state index >= 15 is 0 Å². The topological polar surface area (TPSA) is 1030 Å². The summed E-state index contributed by atoms with van der Waals surface area (Å²) >= 11 is 0. The molecule has 0 aromatic heterocycles. The van der Waals surface area contributed by atoms with E-state index in [0.29, 0.717) is 0 Å². The highest BCUT2D eigenvalue weighted by Gasteiger charge is 2.64. The molecule has 38 N–H and O–H groups in total. The van der Waals surface area contributed by atoms with Crippen LogP contribution < -0.4 is 26.6 Å². The van der Waals surface area contributed by atoms with Gasteiger partial charge in [0.05, 0.1) is 79.3 Å². The monoisotopic (exact) mass is 2170 g/mol. The predicted molar refractivity (Wildman–Crippen MR) is 453 cm³/mol. The summed E-state index contributed by atoms with van der Waals surface area (Å²) in [6, 6.07) is -10.1. The van der Waals surface area contributed by atoms with Crippen LogP contribution in [0.3, 0.4) is 0 Å². The van der Waals surface area contributed by atoms with Crippen LogP contribution in [0.15, 0.2) is 0 Å². The molecule has 148 heavy (non-hydrogen) atoms. The summed E-state index contributed by atoms with van der Waals surface area (Å²) in [6.45, 7) is -9.77. The zero-order valence-corrected chi connectivity index (χ0v) is 79.3. The SMILES string of the molecule is CC(=O)N[C@H]1[C@H](OC[C@H]2O[C@H](OC[C@H]3O[C@@H](O[C@H]4[C@H](O)[C@@H](NC(C)=O)C(O)O[C@@H]4CO)[C@@H](O)[C@@H](O[C@H]4O[C@H](CO)[C@@H](O[C@@H]5O[C@H](CO)[C@@H](O[C@@H]6O[C@H](CO)[C@H](O)[C@H](O)[C@H]6O)[C@H](O)[C@H]5NC(C)=O)[C@H](O)[C@@H]4O[C@@H]4O[C@H](CO)[C@@H](O[C@@H]5O[C@H](CO)[C@H](O)[C@H](O)[C@H]5O)[C@H](O)[C@H]4NC(C)=O)[C@@H]3O)[C@@H](O[C@@H]3O[C@H](CO)[C@@H](O[C@@H]4O[C@H](CO)[C@H](O)[C@H](O)[C@H]4O)[C@H](O)[C@H]3NC(C)=O)[C@@H](O)[C@@H]2O)O[C@H](CO)[C@@H](O[C@@H]2O[C@H](CO)[C@H](O)[C@H](O)[C@H]2O)[C@@H]1O. The molecule has 5 amide bonds. The lowest BCUT2D eigenvalue weighted by Gasteiger charge is -2.52. The Hall–Kier alpha value is -4.89. The van der Waals surface area contributed by atoms with E-state index in [2.05, 4.69) is 26.6 Å². The molecule has 12 heterocycles. The summed E-state index contributed by atoms with van der Waals surface area (Å²) in [4.78, 5) is 65.7. The first kappa shape index (κ1) is 122. The number of carbonyl (C=O) groups excluding carboxylic acids is 5. The van der Waals surface area contributed by atoms with Crippen LogP contribution in [0.2, 0.25) is 0 Å². The Kier molecular flexibility index (Phi) is 43.9. The summed E-state index contributed by atoms with van der Waals surface area (Å²) < 4.78 is 138. The van der Waals surface area contributed by atoms with Gasteiger partial charge in [0.2, 0.25) is 29.5 Å². The van der Waals surface area contributed by atoms with E-state index in [0.717, 1.165) is 34.6 Å². The van der Waals surface area contributed by atoms with Crippen molar-refractivity contribution in [2.45, 2.75) is 403 Å². The summed E-state index contributed by atoms with van der Waals surface area (Å²) in [5, 5.41) is 384. The molecule has 12 fully saturated rings. The number of aliphatic hydroxyl groups excluding tert-OH is 33. The van der Waals surface area contributed by atoms with Crippen molar-refractivity contribution < 1.29 is 301 Å². The van der Waals surface area contributed by atoms with Crippen molar-refractivity contribution in [2.24, 2.45) is 0 Å². The molecule has 66 heteroatoms. The third kappa shape index (κ3) is 26.9. The number of nitrogens with one attached hydrogen (secondary N) is 5. The minimum Gasteiger partial charge on any atom is -0.394 e. The van der Waals surface area contributed by atoms with Crippen LogP contribution in [0.1, 0.15) is 34.6 Å². The van der Waals surface area contributed by atoms with E-state index in [1.54, 1.807) is 0 Å². The number of hydrogen-bond acceptors (Lipinski definition) is 61. The Balaban J connectivity index is 0.931. The lowest BCUT2D eigenvalue weighted by atomic mass is 9.93. The molecule has 0 bridgehead atoms. The molecule has 0 aromatic carbocycles. The normalized spacial score (nSPS) is 49.3. The van der Waals surface area contributed by atoms with Gasteiger partial charge < -0.3 is 304 Å². The van der Waals surface area contributed by atoms with Crippen LogP contribution in [0.25, 0.3) is 0 Å². The fourth-order valence-electron chi connectivity index (χ4n) is 19.2. The van der Waals surface area contributed by atoms with Crippen molar-refractivity contribution in [2.75, 3.05) is 79.3 Å². The van der Waals surface area contributed by atoms with Crippen LogP contribution in [-0.2, 0) is 133 Å². The van der Waals surface area contributed by atoms with Crippen molar-refractivity contribution in [3.8, 4) is 0 Å². The summed E-state index contributed by atoms with van der Waals surface area (Å²) in [5.41, 5.74) is 0. The Morgan fingerprint density at radius 2 is 0.378 bits per heavy atom. The second kappa shape index (κ2) is 53.4. The number of aliphatic hydroxyl groups is 33. The number of ether oxygens (including phenoxy) is 23. The molecule has 12 aliphatic rings. The first-order valence-electron chi connectivity index (χ1n) is 47.2. The van der Waals surface area contributed by atoms with E-state index < -0.39 is 477 Å². The minimum atomic E-state index is -2.76. The lowest BCUT2D eigenvalue weighted by molar-refractivity contribution is -0.406. The number of carbonyl (C=O) groups is 5. The van der Waals surface area contributed by atoms with E-state index in [4.69, 9.17) is 109 Å². The molecular formula is C82H137N5O61. The van der Waals surface area contributed by atoms with Crippen LogP contribution in [-0.4, -0.2) is 645 Å². The zero-order chi connectivity index (χ0) is 109. The van der Waals surface area contributed by atoms with Gasteiger partial charge in [0.25, 0.3) is 0 Å². The van der Waals surface area contributed by atoms with Crippen molar-refractivity contribution in [1.29, 1.82) is 0 Å². The van der Waals surface area contributed by atoms with E-state index in [9.17, 15) is 192 Å². The van der Waals surface area contributed by atoms with Crippen molar-refractivity contribution in [3.63, 3.8) is 0 Å². The van der Waals surface area contributed by atoms with Gasteiger partial charge in [-0.25, -0.2) is 0 Å². The number of hydrogen-bond donors (Lipinski definition) is 38. The summed E-state index contributed by atoms with van der Waals surface area (Å²) in [7, 11) is 0. The highest BCUT2D eigenvalue weighted by atomic mass is 16.8. The van der Waals surface area contributed by atoms with Gasteiger partial charge in [0.15, 0.2) is 75.5 Å². The van der Waals surface area contributed by atoms with E-state index in [-0.39, 0.29) is 0 Å². The fourth-order valence-corrected chi connectivity index (χ4v) is 19.2. The van der Waals surface area contributed by atoms with E-state index in [1.807, 2.05) is 0 Å². The first-order chi connectivity index (χ1) is 70.1. The Morgan fingerprint density at radius 3 is 0.689 bits per heavy atom. The molecule has 0 aliphatic carbocycles. The van der Waals surface area contributed by atoms with Gasteiger partial charge in [0, 0.05) is 34.6 Å². The minimum absolute atomic E-state index is 0.855. The van der Waals surface area contributed by atoms with Crippen LogP contribution in [0.4, 0.5) is 0 Å². The Bertz CT molecular complexity index is 4130. The summed E-state index contributed by atoms with van der Waals surface area (Å²) in [6.07, 6.45) is -121. The standard InChI is InChI=1S/C82H137N5O61/c1-18(98)83-35-46(109)62(27(10-92)128-71(35)125)145-80-61(124)68(146-82-70(148-75-39(87-22(5)102)50(113)66(31(14-96)136-75)144-79-59(122)54(117)43(106)26(9-91)132-79)60(123)67(32(15-97)137-82)140-73-37(85-20(3)100)48(111)64(29(12-94)134-73)142-77-57(120)52(115)41(104)24(7-89)130-77)45(108)34(138-80)17-127-81-69(147-74-38(86-21(4)101)49(112)65(30(13-95)135-74)143-78-58(121)53(116)42(105)25(8-90)131-78)55(118)44(107)33(139-81)16-126-72-36(84-19(2)99)47(110)63(28(11-93)133-72)141-76-56(119)51(114)40(103)23(6-88)129-76/h23-82,88-97,103-125H,6-17H2,1-5H3,(H,83,98)(H,84,99)(H,85,100)(H,86,101)(H,87,102)/t23-,24-,25-,26-,27-,28-,29-,30-,31-,32-,33-,34-,35-,36-,37-,38-,39-,40+,41+,42+,43+,44-,45-,46-,47-,48-,49-,50-,51+,52+,53+,54+,55+,56-,57-,58-,59-,60+,61+,62-,63-,64-,65-,66-,67-,68+,69+,70+,71?,72-,73+,74+,75+,76+,77+,78+,79+,80+,81+,82-/m1/s1. The second-order valence-corrected chi connectivity index (χ2v) is 37.4. The molecule has 0 radical (unpaired) electrons. The molecule has 0 aromatic rings. The molecule has 856 valence electrons. The average Bonchev–Trinajstić information content (AvgIpc) is 0.758. The van der Waals surface area contributed by atoms with Crippen molar-refractivity contribution in [3.05, 3.63) is 0 Å². The maximum absolute atomic E-state index is 13.5. The van der Waals surface area contributed by atoms with Gasteiger partial charge in [0.1, 0.15) is 293 Å². The third-order valence-electron chi connectivity index (χ3n) is 27.1. The van der Waals surface area contributed by atoms with Crippen LogP contribution in [0.5, 0.6) is 0 Å². The molecule has 12 aliphatic heterocycles. The summed E-state index contributed by atoms with van der Waals surface area (Å²) in [5.74, 6) is -5.06. The van der Waals surface area contributed by atoms with Gasteiger partial charge >= 0.3 is 0 Å². The largest absolute Gasteiger partial charge is 0.394 e. The highest BCUT2D eigenvalue weighted by Crippen LogP contribution is 2.43. The van der Waals surface area contributed by atoms with Crippen molar-refractivity contribution >= 4 is 29.5 Å². The van der Waals surface area contributed by atoms with Crippen LogP contribution in [0, 0.1) is 0 Å². The molecular weight excluding hydrogens is 2030 g/mol. The molecule has 1 unspecified atom stereocenters. The zero-order valence-electron chi connectivity index (χ0n) is 79.3. The van der Waals surface area contributed by atoms with Gasteiger partial charge in [-0.1, -0.05) is 0 Å². The first-order valence-corrected chi connectivity index (χ1v) is 47.2. The Labute approximate surface area is 837 Å². The molecule has 0 spiro atoms. The maximum atomic E-state index is 13.5. The smallest absolute Gasteiger partial charge is 0.217 e. The molecule has 60 atom stereocenters. The molecule has 12 rings (SSSR count). The predicted octanol–water partition coefficient (Wildman–Crippen LogP) is -26.4. The quantitative estimate of drug-likeness (QED) is 0.0272. The third-order valence-corrected chi connectivity index (χ3v) is 27.1. The van der Waals surface area contributed by atoms with Gasteiger partial charge in [-0.15, -0.1) is 0 Å². The van der Waals surface area contributed by atoms with Crippen LogP contribution >= 0.6 is 0 Å². The van der Waals surface area contributed by atoms with Gasteiger partial charge in [-0.3, -0.25) is 24.0 Å². The fraction of sp³-hybridized carbons (Fsp3) is 0.939. The number of rotatable bonds is 39. The Morgan fingerprint density at radius 1 is 0.176 bits per heavy atom. The van der Waals surface area contributed by atoms with Gasteiger partial charge in [-0.2, -0.15) is 0 Å². The maximum Gasteiger partial charge on any atom is 0.217 e. The van der Waals surface area contributed by atoms with E-state index in [1.165, 1.54) is 0 Å². The second-order valence-electron chi connectivity index (χ2n) is 37.4. The molecule has 66 nitrogen and oxygen atoms in total. The van der Waals surface area contributed by atoms with Gasteiger partial charge in [-0.05, 0) is 0 Å². The molecule has 12 saturated heterocycles. The number of amides is 5. The average molecular weight is 2170 g/mol. The lowest BCUT2D eigenvalue weighted by Crippen LogP contribution is -2.71. The van der Waals surface area contributed by atoms with Crippen molar-refractivity contribution in [1.82, 2.24) is 26.6 Å². The molecule has 0 saturated carbocycles.